The monoisotopic (exact) mass is 213 g/mol. The summed E-state index contributed by atoms with van der Waals surface area (Å²) in [6.45, 7) is 0. The standard InChI is InChI=1S/C12H7NO3/c14-5-1-2-8-3-4-10-9(6-8)7-11(13-10)12(15)16/h3-7,13H,(H,15,16). The molecule has 0 fully saturated rings. The molecule has 1 aromatic heterocycles. The first-order chi connectivity index (χ1) is 7.70. The van der Waals surface area contributed by atoms with Gasteiger partial charge in [0, 0.05) is 16.5 Å². The minimum absolute atomic E-state index is 0.135. The number of hydrogen-bond acceptors (Lipinski definition) is 2. The number of aromatic amines is 1. The van der Waals surface area contributed by atoms with Crippen molar-refractivity contribution >= 4 is 23.2 Å². The molecule has 2 aromatic rings. The fourth-order valence-corrected chi connectivity index (χ4v) is 1.44. The van der Waals surface area contributed by atoms with E-state index in [0.29, 0.717) is 11.8 Å². The Balaban J connectivity index is 2.53. The molecular formula is C12H7NO3. The van der Waals surface area contributed by atoms with Gasteiger partial charge in [-0.15, -0.1) is 0 Å². The van der Waals surface area contributed by atoms with Crippen molar-refractivity contribution in [3.63, 3.8) is 0 Å². The van der Waals surface area contributed by atoms with E-state index < -0.39 is 5.97 Å². The second-order valence-corrected chi connectivity index (χ2v) is 3.18. The van der Waals surface area contributed by atoms with Crippen LogP contribution in [0.25, 0.3) is 10.9 Å². The van der Waals surface area contributed by atoms with Crippen molar-refractivity contribution < 1.29 is 14.7 Å². The topological polar surface area (TPSA) is 70.2 Å². The number of fused-ring (bicyclic) bond motifs is 1. The Morgan fingerprint density at radius 3 is 2.88 bits per heavy atom. The number of hydrogen-bond donors (Lipinski definition) is 2. The van der Waals surface area contributed by atoms with Crippen LogP contribution in [0.5, 0.6) is 0 Å². The lowest BCUT2D eigenvalue weighted by Gasteiger charge is -1.90. The number of carboxylic acids is 1. The predicted molar refractivity (Wildman–Crippen MR) is 58.2 cm³/mol. The zero-order valence-electron chi connectivity index (χ0n) is 8.15. The van der Waals surface area contributed by atoms with Gasteiger partial charge in [-0.1, -0.05) is 5.92 Å². The van der Waals surface area contributed by atoms with Crippen LogP contribution >= 0.6 is 0 Å². The first-order valence-corrected chi connectivity index (χ1v) is 4.52. The van der Waals surface area contributed by atoms with Crippen molar-refractivity contribution in [2.45, 2.75) is 0 Å². The Morgan fingerprint density at radius 2 is 2.19 bits per heavy atom. The van der Waals surface area contributed by atoms with Crippen molar-refractivity contribution in [3.05, 3.63) is 35.5 Å². The number of H-pyrrole nitrogens is 1. The van der Waals surface area contributed by atoms with Crippen molar-refractivity contribution in [2.24, 2.45) is 0 Å². The molecule has 2 rings (SSSR count). The van der Waals surface area contributed by atoms with E-state index >= 15 is 0 Å². The van der Waals surface area contributed by atoms with Crippen molar-refractivity contribution in [1.82, 2.24) is 4.98 Å². The Labute approximate surface area is 90.9 Å². The van der Waals surface area contributed by atoms with Gasteiger partial charge in [-0.2, -0.15) is 0 Å². The van der Waals surface area contributed by atoms with Gasteiger partial charge in [0.05, 0.1) is 0 Å². The molecule has 0 spiro atoms. The molecule has 0 saturated carbocycles. The highest BCUT2D eigenvalue weighted by atomic mass is 16.4. The molecule has 0 saturated heterocycles. The molecule has 0 atom stereocenters. The molecular weight excluding hydrogens is 206 g/mol. The quantitative estimate of drug-likeness (QED) is 0.556. The van der Waals surface area contributed by atoms with E-state index in [9.17, 15) is 9.59 Å². The lowest BCUT2D eigenvalue weighted by atomic mass is 10.1. The van der Waals surface area contributed by atoms with Crippen LogP contribution in [0.1, 0.15) is 16.1 Å². The van der Waals surface area contributed by atoms with Gasteiger partial charge in [0.1, 0.15) is 5.69 Å². The van der Waals surface area contributed by atoms with Gasteiger partial charge >= 0.3 is 5.97 Å². The number of aromatic nitrogens is 1. The number of aldehydes is 1. The molecule has 0 aliphatic carbocycles. The van der Waals surface area contributed by atoms with Crippen LogP contribution in [0.3, 0.4) is 0 Å². The summed E-state index contributed by atoms with van der Waals surface area (Å²) in [5.74, 6) is 3.94. The molecule has 0 bridgehead atoms. The summed E-state index contributed by atoms with van der Waals surface area (Å²) in [5.41, 5.74) is 1.54. The first kappa shape index (κ1) is 9.99. The van der Waals surface area contributed by atoms with Crippen LogP contribution in [0, 0.1) is 11.8 Å². The highest BCUT2D eigenvalue weighted by Gasteiger charge is 2.06. The van der Waals surface area contributed by atoms with Gasteiger partial charge in [0.15, 0.2) is 6.29 Å². The average molecular weight is 213 g/mol. The summed E-state index contributed by atoms with van der Waals surface area (Å²) in [5, 5.41) is 9.55. The Bertz CT molecular complexity index is 628. The number of rotatable bonds is 1. The first-order valence-electron chi connectivity index (χ1n) is 4.52. The molecule has 4 heteroatoms. The molecule has 16 heavy (non-hydrogen) atoms. The molecule has 0 aliphatic heterocycles. The zero-order chi connectivity index (χ0) is 11.5. The zero-order valence-corrected chi connectivity index (χ0v) is 8.15. The van der Waals surface area contributed by atoms with Crippen LogP contribution in [0.4, 0.5) is 0 Å². The highest BCUT2D eigenvalue weighted by molar-refractivity contribution is 5.94. The fourth-order valence-electron chi connectivity index (χ4n) is 1.44. The van der Waals surface area contributed by atoms with Crippen LogP contribution < -0.4 is 0 Å². The summed E-state index contributed by atoms with van der Waals surface area (Å²) in [6, 6.07) is 6.72. The van der Waals surface area contributed by atoms with E-state index in [1.54, 1.807) is 18.2 Å². The third kappa shape index (κ3) is 1.79. The third-order valence-electron chi connectivity index (χ3n) is 2.13. The summed E-state index contributed by atoms with van der Waals surface area (Å²) >= 11 is 0. The van der Waals surface area contributed by atoms with Crippen LogP contribution in [0.15, 0.2) is 24.3 Å². The molecule has 0 amide bonds. The molecule has 1 heterocycles. The second-order valence-electron chi connectivity index (χ2n) is 3.18. The molecule has 78 valence electrons. The van der Waals surface area contributed by atoms with Gasteiger partial charge in [0.2, 0.25) is 0 Å². The van der Waals surface area contributed by atoms with Gasteiger partial charge in [0.25, 0.3) is 0 Å². The van der Waals surface area contributed by atoms with Crippen molar-refractivity contribution in [1.29, 1.82) is 0 Å². The maximum atomic E-state index is 10.7. The van der Waals surface area contributed by atoms with Gasteiger partial charge < -0.3 is 10.1 Å². The Morgan fingerprint density at radius 1 is 1.38 bits per heavy atom. The van der Waals surface area contributed by atoms with Crippen LogP contribution in [-0.4, -0.2) is 22.3 Å². The van der Waals surface area contributed by atoms with E-state index in [1.807, 2.05) is 0 Å². The van der Waals surface area contributed by atoms with Gasteiger partial charge in [-0.25, -0.2) is 4.79 Å². The second kappa shape index (κ2) is 3.91. The van der Waals surface area contributed by atoms with Crippen molar-refractivity contribution in [3.8, 4) is 11.8 Å². The van der Waals surface area contributed by atoms with E-state index in [4.69, 9.17) is 5.11 Å². The van der Waals surface area contributed by atoms with Crippen LogP contribution in [-0.2, 0) is 4.79 Å². The summed E-state index contributed by atoms with van der Waals surface area (Å²) in [6.07, 6.45) is 0.518. The van der Waals surface area contributed by atoms with E-state index in [0.717, 1.165) is 10.9 Å². The normalized spacial score (nSPS) is 9.50. The maximum Gasteiger partial charge on any atom is 0.352 e. The fraction of sp³-hybridized carbons (Fsp3) is 0. The SMILES string of the molecule is O=CC#Cc1ccc2[nH]c(C(=O)O)cc2c1. The molecule has 0 unspecified atom stereocenters. The average Bonchev–Trinajstić information content (AvgIpc) is 2.69. The number of carboxylic acid groups (broad SMARTS) is 1. The molecule has 0 aliphatic rings. The Hall–Kier alpha value is -2.54. The minimum atomic E-state index is -1.00. The van der Waals surface area contributed by atoms with E-state index in [-0.39, 0.29) is 5.69 Å². The van der Waals surface area contributed by atoms with Crippen LogP contribution in [0.2, 0.25) is 0 Å². The number of carbonyl (C=O) groups is 2. The number of carbonyl (C=O) groups excluding carboxylic acids is 1. The minimum Gasteiger partial charge on any atom is -0.477 e. The number of nitrogens with one attached hydrogen (secondary N) is 1. The summed E-state index contributed by atoms with van der Waals surface area (Å²) in [4.78, 5) is 23.6. The lowest BCUT2D eigenvalue weighted by Crippen LogP contribution is -1.94. The summed E-state index contributed by atoms with van der Waals surface area (Å²) in [7, 11) is 0. The van der Waals surface area contributed by atoms with Gasteiger partial charge in [-0.3, -0.25) is 4.79 Å². The number of aromatic carboxylic acids is 1. The largest absolute Gasteiger partial charge is 0.477 e. The maximum absolute atomic E-state index is 10.7. The number of benzene rings is 1. The van der Waals surface area contributed by atoms with E-state index in [1.165, 1.54) is 6.07 Å². The third-order valence-corrected chi connectivity index (χ3v) is 2.13. The van der Waals surface area contributed by atoms with Gasteiger partial charge in [-0.05, 0) is 30.2 Å². The molecule has 1 aromatic carbocycles. The summed E-state index contributed by atoms with van der Waals surface area (Å²) < 4.78 is 0. The molecule has 2 N–H and O–H groups in total. The predicted octanol–water partition coefficient (Wildman–Crippen LogP) is 1.42. The van der Waals surface area contributed by atoms with E-state index in [2.05, 4.69) is 16.8 Å². The Kier molecular flexibility index (Phi) is 2.44. The lowest BCUT2D eigenvalue weighted by molar-refractivity contribution is -0.103. The molecule has 0 radical (unpaired) electrons. The highest BCUT2D eigenvalue weighted by Crippen LogP contribution is 2.16. The van der Waals surface area contributed by atoms with Crippen molar-refractivity contribution in [2.75, 3.05) is 0 Å². The molecule has 4 nitrogen and oxygen atoms in total. The smallest absolute Gasteiger partial charge is 0.352 e.